The first-order valence-electron chi connectivity index (χ1n) is 11.2. The second-order valence-electron chi connectivity index (χ2n) is 7.63. The summed E-state index contributed by atoms with van der Waals surface area (Å²) in [6, 6.07) is 18.2. The summed E-state index contributed by atoms with van der Waals surface area (Å²) in [5, 5.41) is 3.70. The number of anilines is 2. The van der Waals surface area contributed by atoms with E-state index < -0.39 is 24.1 Å². The molecular formula is C26H22ClFN4O5. The molecule has 4 aromatic rings. The Labute approximate surface area is 216 Å². The molecule has 37 heavy (non-hydrogen) atoms. The van der Waals surface area contributed by atoms with Crippen LogP contribution in [0, 0.1) is 5.95 Å². The van der Waals surface area contributed by atoms with Crippen LogP contribution in [0.1, 0.15) is 12.5 Å². The number of nitrogens with one attached hydrogen (secondary N) is 1. The molecule has 0 saturated heterocycles. The van der Waals surface area contributed by atoms with Crippen LogP contribution in [0.15, 0.2) is 77.7 Å². The number of hydrogen-bond acceptors (Lipinski definition) is 8. The summed E-state index contributed by atoms with van der Waals surface area (Å²) in [7, 11) is 0. The monoisotopic (exact) mass is 524 g/mol. The predicted molar refractivity (Wildman–Crippen MR) is 135 cm³/mol. The van der Waals surface area contributed by atoms with Gasteiger partial charge in [0.15, 0.2) is 6.61 Å². The van der Waals surface area contributed by atoms with Crippen molar-refractivity contribution in [2.45, 2.75) is 13.5 Å². The first kappa shape index (κ1) is 25.6. The SMILES string of the molecule is CCOC(=O)COc1cn(Cc2ccc(Cl)cc2)c(Nc2ccc(Oc3cccc(F)n3)cc2)nc1=O. The fourth-order valence-corrected chi connectivity index (χ4v) is 3.35. The molecule has 2 aromatic carbocycles. The molecule has 2 aromatic heterocycles. The highest BCUT2D eigenvalue weighted by atomic mass is 35.5. The largest absolute Gasteiger partial charge is 0.475 e. The van der Waals surface area contributed by atoms with Crippen LogP contribution in [0.3, 0.4) is 0 Å². The molecule has 0 fully saturated rings. The number of pyridine rings is 1. The number of halogens is 2. The lowest BCUT2D eigenvalue weighted by Crippen LogP contribution is -2.22. The van der Waals surface area contributed by atoms with Gasteiger partial charge < -0.3 is 24.1 Å². The Morgan fingerprint density at radius 2 is 1.81 bits per heavy atom. The number of nitrogens with zero attached hydrogens (tertiary/aromatic N) is 3. The molecule has 0 unspecified atom stereocenters. The van der Waals surface area contributed by atoms with Gasteiger partial charge in [-0.15, -0.1) is 0 Å². The summed E-state index contributed by atoms with van der Waals surface area (Å²) < 4.78 is 30.7. The average Bonchev–Trinajstić information content (AvgIpc) is 2.87. The van der Waals surface area contributed by atoms with E-state index in [-0.39, 0.29) is 24.2 Å². The lowest BCUT2D eigenvalue weighted by atomic mass is 10.2. The van der Waals surface area contributed by atoms with Crippen molar-refractivity contribution in [1.82, 2.24) is 14.5 Å². The van der Waals surface area contributed by atoms with Gasteiger partial charge in [-0.3, -0.25) is 4.79 Å². The highest BCUT2D eigenvalue weighted by Crippen LogP contribution is 2.24. The van der Waals surface area contributed by atoms with Crippen molar-refractivity contribution in [3.05, 3.63) is 99.8 Å². The molecule has 0 aliphatic carbocycles. The number of rotatable bonds is 10. The molecule has 4 rings (SSSR count). The lowest BCUT2D eigenvalue weighted by Gasteiger charge is -2.16. The Hall–Kier alpha value is -4.44. The van der Waals surface area contributed by atoms with Gasteiger partial charge in [0.1, 0.15) is 5.75 Å². The van der Waals surface area contributed by atoms with Gasteiger partial charge in [-0.25, -0.2) is 4.79 Å². The first-order valence-corrected chi connectivity index (χ1v) is 11.6. The van der Waals surface area contributed by atoms with Crippen LogP contribution in [0.25, 0.3) is 0 Å². The fraction of sp³-hybridized carbons (Fsp3) is 0.154. The smallest absolute Gasteiger partial charge is 0.344 e. The van der Waals surface area contributed by atoms with E-state index in [0.29, 0.717) is 23.0 Å². The van der Waals surface area contributed by atoms with E-state index in [1.54, 1.807) is 54.0 Å². The molecule has 0 atom stereocenters. The Morgan fingerprint density at radius 1 is 1.05 bits per heavy atom. The standard InChI is InChI=1S/C26H22ClFN4O5/c1-2-35-24(33)16-36-21-15-32(14-17-6-8-18(27)9-7-17)26(31-25(21)34)29-19-10-12-20(13-11-19)37-23-5-3-4-22(28)30-23/h3-13,15H,2,14,16H2,1H3,(H,29,31,34). The second kappa shape index (κ2) is 12.0. The zero-order chi connectivity index (χ0) is 26.2. The number of carbonyl (C=O) groups is 1. The van der Waals surface area contributed by atoms with Gasteiger partial charge in [-0.1, -0.05) is 29.8 Å². The van der Waals surface area contributed by atoms with Crippen molar-refractivity contribution in [2.75, 3.05) is 18.5 Å². The Bertz CT molecular complexity index is 1430. The minimum absolute atomic E-state index is 0.0982. The van der Waals surface area contributed by atoms with Crippen molar-refractivity contribution < 1.29 is 23.4 Å². The maximum absolute atomic E-state index is 13.3. The van der Waals surface area contributed by atoms with Crippen molar-refractivity contribution in [1.29, 1.82) is 0 Å². The molecule has 11 heteroatoms. The molecule has 0 amide bonds. The van der Waals surface area contributed by atoms with Gasteiger partial charge in [0.05, 0.1) is 19.3 Å². The second-order valence-corrected chi connectivity index (χ2v) is 8.07. The third-order valence-corrected chi connectivity index (χ3v) is 5.15. The van der Waals surface area contributed by atoms with Crippen molar-refractivity contribution in [3.63, 3.8) is 0 Å². The highest BCUT2D eigenvalue weighted by molar-refractivity contribution is 6.30. The first-order chi connectivity index (χ1) is 17.9. The van der Waals surface area contributed by atoms with Crippen LogP contribution in [-0.2, 0) is 16.1 Å². The van der Waals surface area contributed by atoms with Gasteiger partial charge >= 0.3 is 11.5 Å². The van der Waals surface area contributed by atoms with Crippen LogP contribution in [0.4, 0.5) is 16.0 Å². The van der Waals surface area contributed by atoms with E-state index in [4.69, 9.17) is 25.8 Å². The minimum atomic E-state index is -0.656. The Morgan fingerprint density at radius 3 is 2.51 bits per heavy atom. The molecule has 0 saturated carbocycles. The van der Waals surface area contributed by atoms with Gasteiger partial charge in [0.2, 0.25) is 23.5 Å². The van der Waals surface area contributed by atoms with Crippen LogP contribution in [0.5, 0.6) is 17.4 Å². The summed E-state index contributed by atoms with van der Waals surface area (Å²) in [6.45, 7) is 1.79. The number of ether oxygens (including phenoxy) is 3. The predicted octanol–water partition coefficient (Wildman–Crippen LogP) is 4.96. The van der Waals surface area contributed by atoms with Crippen LogP contribution in [-0.4, -0.2) is 33.7 Å². The third kappa shape index (κ3) is 7.28. The summed E-state index contributed by atoms with van der Waals surface area (Å²) in [5.74, 6) is -0.530. The maximum atomic E-state index is 13.3. The van der Waals surface area contributed by atoms with E-state index in [2.05, 4.69) is 15.3 Å². The molecule has 190 valence electrons. The summed E-state index contributed by atoms with van der Waals surface area (Å²) in [4.78, 5) is 32.1. The van der Waals surface area contributed by atoms with Gasteiger partial charge in [-0.05, 0) is 55.0 Å². The quantitative estimate of drug-likeness (QED) is 0.229. The Kier molecular flexibility index (Phi) is 8.32. The number of hydrogen-bond donors (Lipinski definition) is 1. The van der Waals surface area contributed by atoms with E-state index >= 15 is 0 Å². The van der Waals surface area contributed by atoms with Crippen LogP contribution in [0.2, 0.25) is 5.02 Å². The van der Waals surface area contributed by atoms with Crippen LogP contribution >= 0.6 is 11.6 Å². The van der Waals surface area contributed by atoms with E-state index in [0.717, 1.165) is 5.56 Å². The van der Waals surface area contributed by atoms with Crippen molar-refractivity contribution in [2.24, 2.45) is 0 Å². The average molecular weight is 525 g/mol. The molecule has 0 spiro atoms. The van der Waals surface area contributed by atoms with Gasteiger partial charge in [0, 0.05) is 16.8 Å². The minimum Gasteiger partial charge on any atom is -0.475 e. The number of carbonyl (C=O) groups excluding carboxylic acids is 1. The fourth-order valence-electron chi connectivity index (χ4n) is 3.22. The zero-order valence-corrected chi connectivity index (χ0v) is 20.4. The molecule has 0 aliphatic heterocycles. The molecule has 0 bridgehead atoms. The summed E-state index contributed by atoms with van der Waals surface area (Å²) >= 11 is 6.00. The summed E-state index contributed by atoms with van der Waals surface area (Å²) in [6.07, 6.45) is 1.47. The molecule has 9 nitrogen and oxygen atoms in total. The van der Waals surface area contributed by atoms with E-state index in [1.807, 2.05) is 12.1 Å². The van der Waals surface area contributed by atoms with E-state index in [9.17, 15) is 14.0 Å². The van der Waals surface area contributed by atoms with Gasteiger partial charge in [0.25, 0.3) is 0 Å². The van der Waals surface area contributed by atoms with Crippen molar-refractivity contribution >= 4 is 29.2 Å². The summed E-state index contributed by atoms with van der Waals surface area (Å²) in [5.41, 5.74) is 0.841. The molecule has 2 heterocycles. The molecule has 0 aliphatic rings. The zero-order valence-electron chi connectivity index (χ0n) is 19.7. The normalized spacial score (nSPS) is 10.6. The maximum Gasteiger partial charge on any atom is 0.344 e. The topological polar surface area (TPSA) is 105 Å². The number of aromatic nitrogens is 3. The number of benzene rings is 2. The van der Waals surface area contributed by atoms with Crippen LogP contribution < -0.4 is 20.3 Å². The Balaban J connectivity index is 1.56. The molecular weight excluding hydrogens is 503 g/mol. The van der Waals surface area contributed by atoms with Crippen molar-refractivity contribution in [3.8, 4) is 17.4 Å². The third-order valence-electron chi connectivity index (χ3n) is 4.90. The number of esters is 1. The molecule has 0 radical (unpaired) electrons. The highest BCUT2D eigenvalue weighted by Gasteiger charge is 2.13. The van der Waals surface area contributed by atoms with E-state index in [1.165, 1.54) is 18.3 Å². The molecule has 1 N–H and O–H groups in total. The lowest BCUT2D eigenvalue weighted by molar-refractivity contribution is -0.145. The van der Waals surface area contributed by atoms with Gasteiger partial charge in [-0.2, -0.15) is 14.4 Å².